The van der Waals surface area contributed by atoms with E-state index in [1.165, 1.54) is 0 Å². The van der Waals surface area contributed by atoms with Crippen LogP contribution in [-0.2, 0) is 4.74 Å². The molecule has 0 aliphatic heterocycles. The smallest absolute Gasteiger partial charge is 0.376 e. The summed E-state index contributed by atoms with van der Waals surface area (Å²) in [5.74, 6) is -1.50. The van der Waals surface area contributed by atoms with Crippen LogP contribution >= 0.6 is 22.6 Å². The van der Waals surface area contributed by atoms with Crippen LogP contribution in [-0.4, -0.2) is 17.6 Å². The Labute approximate surface area is 127 Å². The molecule has 0 saturated carbocycles. The quantitative estimate of drug-likeness (QED) is 0.581. The molecule has 1 aromatic heterocycles. The highest BCUT2D eigenvalue weighted by molar-refractivity contribution is 14.1. The van der Waals surface area contributed by atoms with Crippen LogP contribution in [0.2, 0.25) is 0 Å². The lowest BCUT2D eigenvalue weighted by Crippen LogP contribution is -2.06. The topological polar surface area (TPSA) is 52.3 Å². The standard InChI is InChI=1S/C13H10F2INO3/c1-2-19-13(18)10-9(11(14)15)17-12(20-10)7-5-3-4-6-8(7)16/h3-6,11H,2H2,1H3. The lowest BCUT2D eigenvalue weighted by Gasteiger charge is -1.99. The van der Waals surface area contributed by atoms with Crippen LogP contribution in [0.1, 0.15) is 29.6 Å². The maximum atomic E-state index is 12.9. The molecule has 1 aromatic carbocycles. The van der Waals surface area contributed by atoms with Gasteiger partial charge >= 0.3 is 5.97 Å². The van der Waals surface area contributed by atoms with Gasteiger partial charge in [0.05, 0.1) is 12.2 Å². The van der Waals surface area contributed by atoms with Crippen molar-refractivity contribution in [3.05, 3.63) is 39.3 Å². The fraction of sp³-hybridized carbons (Fsp3) is 0.231. The number of alkyl halides is 2. The first-order valence-corrected chi connectivity index (χ1v) is 6.83. The average Bonchev–Trinajstić information content (AvgIpc) is 2.84. The maximum Gasteiger partial charge on any atom is 0.376 e. The summed E-state index contributed by atoms with van der Waals surface area (Å²) in [5.41, 5.74) is -0.149. The van der Waals surface area contributed by atoms with Gasteiger partial charge in [-0.05, 0) is 41.6 Å². The summed E-state index contributed by atoms with van der Waals surface area (Å²) in [5, 5.41) is 0. The molecule has 0 spiro atoms. The molecular formula is C13H10F2INO3. The summed E-state index contributed by atoms with van der Waals surface area (Å²) in [6.45, 7) is 1.65. The summed E-state index contributed by atoms with van der Waals surface area (Å²) in [7, 11) is 0. The minimum atomic E-state index is -2.91. The summed E-state index contributed by atoms with van der Waals surface area (Å²) in [6, 6.07) is 6.99. The van der Waals surface area contributed by atoms with Crippen LogP contribution in [0.5, 0.6) is 0 Å². The number of nitrogens with zero attached hydrogens (tertiary/aromatic N) is 1. The molecule has 0 bridgehead atoms. The molecule has 0 radical (unpaired) electrons. The largest absolute Gasteiger partial charge is 0.460 e. The zero-order valence-electron chi connectivity index (χ0n) is 10.4. The Bertz CT molecular complexity index is 628. The van der Waals surface area contributed by atoms with E-state index in [1.54, 1.807) is 31.2 Å². The third-order valence-electron chi connectivity index (χ3n) is 2.43. The van der Waals surface area contributed by atoms with Gasteiger partial charge in [-0.15, -0.1) is 0 Å². The second-order valence-electron chi connectivity index (χ2n) is 3.73. The van der Waals surface area contributed by atoms with Crippen molar-refractivity contribution in [2.45, 2.75) is 13.3 Å². The molecule has 2 rings (SSSR count). The van der Waals surface area contributed by atoms with Crippen molar-refractivity contribution in [2.75, 3.05) is 6.61 Å². The number of ether oxygens (including phenoxy) is 1. The Morgan fingerprint density at radius 3 is 2.75 bits per heavy atom. The molecule has 0 amide bonds. The van der Waals surface area contributed by atoms with Gasteiger partial charge in [0, 0.05) is 3.57 Å². The number of hydrogen-bond donors (Lipinski definition) is 0. The van der Waals surface area contributed by atoms with Gasteiger partial charge in [0.15, 0.2) is 5.69 Å². The minimum Gasteiger partial charge on any atom is -0.460 e. The Morgan fingerprint density at radius 1 is 1.45 bits per heavy atom. The van der Waals surface area contributed by atoms with Crippen LogP contribution in [0.25, 0.3) is 11.5 Å². The fourth-order valence-electron chi connectivity index (χ4n) is 1.57. The predicted octanol–water partition coefficient (Wildman–Crippen LogP) is 4.06. The van der Waals surface area contributed by atoms with Crippen molar-refractivity contribution < 1.29 is 22.7 Å². The first-order chi connectivity index (χ1) is 9.54. The van der Waals surface area contributed by atoms with Crippen molar-refractivity contribution in [2.24, 2.45) is 0 Å². The van der Waals surface area contributed by atoms with Gasteiger partial charge in [0.25, 0.3) is 6.43 Å². The monoisotopic (exact) mass is 393 g/mol. The molecule has 7 heteroatoms. The van der Waals surface area contributed by atoms with Gasteiger partial charge in [0.2, 0.25) is 11.7 Å². The predicted molar refractivity (Wildman–Crippen MR) is 75.6 cm³/mol. The number of aromatic nitrogens is 1. The summed E-state index contributed by atoms with van der Waals surface area (Å²) in [4.78, 5) is 15.3. The van der Waals surface area contributed by atoms with Gasteiger partial charge in [-0.25, -0.2) is 18.6 Å². The molecule has 106 valence electrons. The number of halogens is 3. The molecule has 0 aliphatic carbocycles. The highest BCUT2D eigenvalue weighted by Crippen LogP contribution is 2.30. The van der Waals surface area contributed by atoms with Gasteiger partial charge < -0.3 is 9.15 Å². The van der Waals surface area contributed by atoms with E-state index >= 15 is 0 Å². The first-order valence-electron chi connectivity index (χ1n) is 5.75. The fourth-order valence-corrected chi connectivity index (χ4v) is 2.19. The molecule has 20 heavy (non-hydrogen) atoms. The Balaban J connectivity index is 2.50. The van der Waals surface area contributed by atoms with E-state index in [1.807, 2.05) is 22.6 Å². The first kappa shape index (κ1) is 14.9. The van der Waals surface area contributed by atoms with E-state index in [2.05, 4.69) is 4.98 Å². The van der Waals surface area contributed by atoms with Crippen molar-refractivity contribution in [3.63, 3.8) is 0 Å². The van der Waals surface area contributed by atoms with E-state index in [0.29, 0.717) is 5.56 Å². The molecule has 0 unspecified atom stereocenters. The van der Waals surface area contributed by atoms with Crippen molar-refractivity contribution >= 4 is 28.6 Å². The minimum absolute atomic E-state index is 0.0200. The van der Waals surface area contributed by atoms with Crippen molar-refractivity contribution in [1.29, 1.82) is 0 Å². The van der Waals surface area contributed by atoms with Crippen LogP contribution in [0.15, 0.2) is 28.7 Å². The zero-order valence-corrected chi connectivity index (χ0v) is 12.6. The number of benzene rings is 1. The van der Waals surface area contributed by atoms with E-state index < -0.39 is 23.8 Å². The molecule has 1 heterocycles. The number of rotatable bonds is 4. The molecule has 0 aliphatic rings. The third-order valence-corrected chi connectivity index (χ3v) is 3.37. The van der Waals surface area contributed by atoms with Crippen LogP contribution in [0, 0.1) is 3.57 Å². The average molecular weight is 393 g/mol. The van der Waals surface area contributed by atoms with Crippen molar-refractivity contribution in [1.82, 2.24) is 4.98 Å². The van der Waals surface area contributed by atoms with E-state index in [4.69, 9.17) is 9.15 Å². The van der Waals surface area contributed by atoms with Crippen LogP contribution in [0.3, 0.4) is 0 Å². The van der Waals surface area contributed by atoms with Crippen LogP contribution in [0.4, 0.5) is 8.78 Å². The molecule has 0 atom stereocenters. The second-order valence-corrected chi connectivity index (χ2v) is 4.90. The van der Waals surface area contributed by atoms with Crippen LogP contribution < -0.4 is 0 Å². The lowest BCUT2D eigenvalue weighted by atomic mass is 10.2. The van der Waals surface area contributed by atoms with Gasteiger partial charge in [-0.2, -0.15) is 0 Å². The number of oxazole rings is 1. The molecule has 0 saturated heterocycles. The highest BCUT2D eigenvalue weighted by Gasteiger charge is 2.28. The van der Waals surface area contributed by atoms with E-state index in [-0.39, 0.29) is 12.5 Å². The summed E-state index contributed by atoms with van der Waals surface area (Å²) >= 11 is 2.03. The van der Waals surface area contributed by atoms with E-state index in [9.17, 15) is 13.6 Å². The second kappa shape index (κ2) is 6.29. The Hall–Kier alpha value is -1.51. The molecule has 0 N–H and O–H groups in total. The molecule has 4 nitrogen and oxygen atoms in total. The normalized spacial score (nSPS) is 10.8. The molecule has 2 aromatic rings. The van der Waals surface area contributed by atoms with Gasteiger partial charge in [0.1, 0.15) is 0 Å². The maximum absolute atomic E-state index is 12.9. The molecular weight excluding hydrogens is 383 g/mol. The van der Waals surface area contributed by atoms with Gasteiger partial charge in [-0.3, -0.25) is 0 Å². The van der Waals surface area contributed by atoms with Crippen molar-refractivity contribution in [3.8, 4) is 11.5 Å². The summed E-state index contributed by atoms with van der Waals surface area (Å²) < 4.78 is 36.5. The van der Waals surface area contributed by atoms with E-state index in [0.717, 1.165) is 3.57 Å². The lowest BCUT2D eigenvalue weighted by molar-refractivity contribution is 0.0476. The highest BCUT2D eigenvalue weighted by atomic mass is 127. The third kappa shape index (κ3) is 2.97. The zero-order chi connectivity index (χ0) is 14.7. The SMILES string of the molecule is CCOC(=O)c1oc(-c2ccccc2I)nc1C(F)F. The Morgan fingerprint density at radius 2 is 2.15 bits per heavy atom. The number of esters is 1. The Kier molecular flexibility index (Phi) is 4.69. The number of carbonyl (C=O) groups is 1. The molecule has 0 fully saturated rings. The summed E-state index contributed by atoms with van der Waals surface area (Å²) in [6.07, 6.45) is -2.91. The van der Waals surface area contributed by atoms with Gasteiger partial charge in [-0.1, -0.05) is 12.1 Å². The number of carbonyl (C=O) groups excluding carboxylic acids is 1. The number of hydrogen-bond acceptors (Lipinski definition) is 4.